The molecule has 47 heavy (non-hydrogen) atoms. The van der Waals surface area contributed by atoms with E-state index in [0.29, 0.717) is 16.1 Å². The first-order valence-corrected chi connectivity index (χ1v) is 18.8. The van der Waals surface area contributed by atoms with Crippen LogP contribution in [0, 0.1) is 17.3 Å². The maximum absolute atomic E-state index is 2.44. The molecule has 0 spiro atoms. The highest BCUT2D eigenvalue weighted by Crippen LogP contribution is 2.45. The molecule has 0 amide bonds. The lowest BCUT2D eigenvalue weighted by atomic mass is 9.71. The molecule has 0 saturated heterocycles. The summed E-state index contributed by atoms with van der Waals surface area (Å²) in [5.74, 6) is 0. The lowest BCUT2D eigenvalue weighted by molar-refractivity contribution is 0.355. The number of allylic oxidation sites excluding steroid dienone is 17. The van der Waals surface area contributed by atoms with E-state index in [0.717, 1.165) is 12.8 Å². The minimum Gasteiger partial charge on any atom is -0.118 e. The van der Waals surface area contributed by atoms with E-state index in [-0.39, 0.29) is 0 Å². The van der Waals surface area contributed by atoms with E-state index < -0.39 is 0 Å². The molecule has 0 nitrogen and oxygen atoms in total. The fourth-order valence-electron chi connectivity index (χ4n) is 7.06. The minimum atomic E-state index is 0.291. The molecule has 0 aliphatic heterocycles. The van der Waals surface area contributed by atoms with Crippen LogP contribution in [0.4, 0.5) is 0 Å². The summed E-state index contributed by atoms with van der Waals surface area (Å²) >= 11 is 2.01. The van der Waals surface area contributed by atoms with Crippen LogP contribution in [0.25, 0.3) is 0 Å². The van der Waals surface area contributed by atoms with Crippen LogP contribution in [-0.4, -0.2) is 5.25 Å². The van der Waals surface area contributed by atoms with E-state index >= 15 is 0 Å². The van der Waals surface area contributed by atoms with Crippen molar-refractivity contribution in [2.24, 2.45) is 10.8 Å². The SMILES string of the molecule is CC1=C(C/C=C(C)/C=C/C=C(C)/C=C/[CH]/C=C(C)/C=C/C=C(\C)C(CC2=C(C)CCCC2(C)C)Sc2ccccc2)C(C)(C)CCC1. The maximum atomic E-state index is 2.44. The third-order valence-electron chi connectivity index (χ3n) is 10.2. The van der Waals surface area contributed by atoms with Gasteiger partial charge in [0, 0.05) is 16.6 Å². The fourth-order valence-corrected chi connectivity index (χ4v) is 8.22. The minimum absolute atomic E-state index is 0.291. The quantitative estimate of drug-likeness (QED) is 0.110. The van der Waals surface area contributed by atoms with Gasteiger partial charge < -0.3 is 0 Å². The Morgan fingerprint density at radius 1 is 0.702 bits per heavy atom. The van der Waals surface area contributed by atoms with Gasteiger partial charge in [-0.1, -0.05) is 151 Å². The van der Waals surface area contributed by atoms with Gasteiger partial charge >= 0.3 is 0 Å². The lowest BCUT2D eigenvalue weighted by Crippen LogP contribution is -2.23. The Labute approximate surface area is 294 Å². The average Bonchev–Trinajstić information content (AvgIpc) is 3.00. The van der Waals surface area contributed by atoms with Crippen LogP contribution in [0.3, 0.4) is 0 Å². The number of benzene rings is 1. The van der Waals surface area contributed by atoms with Gasteiger partial charge in [0.25, 0.3) is 0 Å². The van der Waals surface area contributed by atoms with Gasteiger partial charge in [-0.05, 0) is 116 Å². The second-order valence-corrected chi connectivity index (χ2v) is 16.5. The van der Waals surface area contributed by atoms with Crippen LogP contribution in [0.5, 0.6) is 0 Å². The van der Waals surface area contributed by atoms with Gasteiger partial charge in [-0.3, -0.25) is 0 Å². The monoisotopic (exact) mass is 647 g/mol. The van der Waals surface area contributed by atoms with Crippen molar-refractivity contribution in [2.45, 2.75) is 131 Å². The Balaban J connectivity index is 1.56. The van der Waals surface area contributed by atoms with Crippen LogP contribution < -0.4 is 0 Å². The van der Waals surface area contributed by atoms with Gasteiger partial charge in [-0.15, -0.1) is 11.8 Å². The summed E-state index contributed by atoms with van der Waals surface area (Å²) in [6, 6.07) is 10.9. The van der Waals surface area contributed by atoms with Gasteiger partial charge in [-0.2, -0.15) is 0 Å². The summed E-state index contributed by atoms with van der Waals surface area (Å²) in [6.45, 7) is 23.2. The average molecular weight is 648 g/mol. The van der Waals surface area contributed by atoms with Gasteiger partial charge in [0.2, 0.25) is 0 Å². The van der Waals surface area contributed by atoms with Crippen LogP contribution in [0.2, 0.25) is 0 Å². The third-order valence-corrected chi connectivity index (χ3v) is 11.6. The van der Waals surface area contributed by atoms with E-state index in [2.05, 4.69) is 167 Å². The molecule has 253 valence electrons. The molecule has 1 aromatic rings. The van der Waals surface area contributed by atoms with Crippen molar-refractivity contribution in [3.8, 4) is 0 Å². The van der Waals surface area contributed by atoms with Crippen molar-refractivity contribution in [1.82, 2.24) is 0 Å². The highest BCUT2D eigenvalue weighted by molar-refractivity contribution is 8.00. The summed E-state index contributed by atoms with van der Waals surface area (Å²) < 4.78 is 0. The molecule has 0 N–H and O–H groups in total. The molecule has 0 saturated carbocycles. The number of rotatable bonds is 14. The maximum Gasteiger partial charge on any atom is 0.0341 e. The first kappa shape index (κ1) is 38.7. The Morgan fingerprint density at radius 2 is 1.26 bits per heavy atom. The van der Waals surface area contributed by atoms with Crippen LogP contribution in [0.15, 0.2) is 141 Å². The van der Waals surface area contributed by atoms with Gasteiger partial charge in [-0.25, -0.2) is 0 Å². The molecular weight excluding hydrogens is 585 g/mol. The number of hydrogen-bond acceptors (Lipinski definition) is 1. The zero-order chi connectivity index (χ0) is 34.5. The molecule has 1 heteroatoms. The molecule has 2 aliphatic carbocycles. The number of hydrogen-bond donors (Lipinski definition) is 0. The van der Waals surface area contributed by atoms with Gasteiger partial charge in [0.1, 0.15) is 0 Å². The molecule has 3 rings (SSSR count). The van der Waals surface area contributed by atoms with Gasteiger partial charge in [0.15, 0.2) is 0 Å². The second kappa shape index (κ2) is 18.7. The van der Waals surface area contributed by atoms with Crippen molar-refractivity contribution in [3.63, 3.8) is 0 Å². The van der Waals surface area contributed by atoms with E-state index in [1.165, 1.54) is 65.7 Å². The molecule has 1 unspecified atom stereocenters. The third kappa shape index (κ3) is 13.0. The fraction of sp³-hybridized carbons (Fsp3) is 0.457. The predicted octanol–water partition coefficient (Wildman–Crippen LogP) is 14.6. The molecule has 0 heterocycles. The predicted molar refractivity (Wildman–Crippen MR) is 213 cm³/mol. The largest absolute Gasteiger partial charge is 0.118 e. The first-order valence-electron chi connectivity index (χ1n) is 17.9. The van der Waals surface area contributed by atoms with E-state index in [1.54, 1.807) is 22.3 Å². The molecule has 1 radical (unpaired) electrons. The van der Waals surface area contributed by atoms with Crippen LogP contribution in [-0.2, 0) is 0 Å². The Kier molecular flexibility index (Phi) is 15.4. The molecule has 1 aromatic carbocycles. The molecule has 0 bridgehead atoms. The molecule has 0 aromatic heterocycles. The topological polar surface area (TPSA) is 0 Å². The summed E-state index contributed by atoms with van der Waals surface area (Å²) in [5.41, 5.74) is 12.4. The van der Waals surface area contributed by atoms with E-state index in [1.807, 2.05) is 11.8 Å². The van der Waals surface area contributed by atoms with Crippen LogP contribution in [0.1, 0.15) is 121 Å². The molecular formula is C46H63S. The normalized spacial score (nSPS) is 20.7. The van der Waals surface area contributed by atoms with Crippen molar-refractivity contribution >= 4 is 11.8 Å². The highest BCUT2D eigenvalue weighted by Gasteiger charge is 2.31. The summed E-state index contributed by atoms with van der Waals surface area (Å²) in [5, 5.41) is 0.428. The van der Waals surface area contributed by atoms with Crippen LogP contribution >= 0.6 is 11.8 Å². The second-order valence-electron chi connectivity index (χ2n) is 15.3. The lowest BCUT2D eigenvalue weighted by Gasteiger charge is -2.36. The zero-order valence-electron chi connectivity index (χ0n) is 31.4. The number of thioether (sulfide) groups is 1. The Hall–Kier alpha value is -2.77. The summed E-state index contributed by atoms with van der Waals surface area (Å²) in [7, 11) is 0. The van der Waals surface area contributed by atoms with Crippen molar-refractivity contribution in [3.05, 3.63) is 142 Å². The Bertz CT molecular complexity index is 1460. The zero-order valence-corrected chi connectivity index (χ0v) is 32.2. The van der Waals surface area contributed by atoms with Crippen molar-refractivity contribution in [1.29, 1.82) is 0 Å². The van der Waals surface area contributed by atoms with Crippen molar-refractivity contribution in [2.75, 3.05) is 0 Å². The summed E-state index contributed by atoms with van der Waals surface area (Å²) in [6.07, 6.45) is 34.3. The van der Waals surface area contributed by atoms with E-state index in [9.17, 15) is 0 Å². The molecule has 0 fully saturated rings. The smallest absolute Gasteiger partial charge is 0.0341 e. The molecule has 1 atom stereocenters. The standard InChI is InChI=1S/C46H63S/c1-35(22-16-23-37(3)30-31-42-38(4)26-18-32-45(42,7)8)20-14-15-21-36(2)24-17-25-40(6)44(47-41-28-12-11-13-29-41)34-43-39(5)27-19-33-46(43,9)10/h11-17,20-25,28-30,44H,18-19,26-27,31-34H2,1-10H3/b20-14+,23-16+,24-17+,35-22+,36-21+,37-30+,40-25+. The van der Waals surface area contributed by atoms with Crippen molar-refractivity contribution < 1.29 is 0 Å². The highest BCUT2D eigenvalue weighted by atomic mass is 32.2. The first-order chi connectivity index (χ1) is 22.3. The van der Waals surface area contributed by atoms with E-state index in [4.69, 9.17) is 0 Å². The summed E-state index contributed by atoms with van der Waals surface area (Å²) in [4.78, 5) is 1.34. The molecule has 2 aliphatic rings. The Morgan fingerprint density at radius 3 is 1.89 bits per heavy atom. The van der Waals surface area contributed by atoms with Gasteiger partial charge in [0.05, 0.1) is 0 Å².